The Hall–Kier alpha value is -3.48. The van der Waals surface area contributed by atoms with Gasteiger partial charge in [0.1, 0.15) is 5.82 Å². The van der Waals surface area contributed by atoms with E-state index in [1.807, 2.05) is 72.1 Å². The molecule has 7 nitrogen and oxygen atoms in total. The lowest BCUT2D eigenvalue weighted by atomic mass is 10.1. The summed E-state index contributed by atoms with van der Waals surface area (Å²) in [5.74, 6) is 1.49. The molecule has 5 rings (SSSR count). The van der Waals surface area contributed by atoms with Crippen molar-refractivity contribution in [2.45, 2.75) is 26.4 Å². The molecule has 0 radical (unpaired) electrons. The molecule has 28 heavy (non-hydrogen) atoms. The van der Waals surface area contributed by atoms with Crippen LogP contribution < -0.4 is 0 Å². The second-order valence-corrected chi connectivity index (χ2v) is 7.10. The molecule has 0 saturated heterocycles. The quantitative estimate of drug-likeness (QED) is 0.542. The van der Waals surface area contributed by atoms with Crippen molar-refractivity contribution in [3.63, 3.8) is 0 Å². The molecule has 0 unspecified atom stereocenters. The molecule has 0 saturated carbocycles. The Morgan fingerprint density at radius 1 is 1.11 bits per heavy atom. The Kier molecular flexibility index (Phi) is 3.75. The van der Waals surface area contributed by atoms with Gasteiger partial charge in [-0.2, -0.15) is 10.2 Å². The average molecular weight is 372 g/mol. The molecule has 1 amide bonds. The van der Waals surface area contributed by atoms with Crippen LogP contribution in [-0.2, 0) is 6.54 Å². The van der Waals surface area contributed by atoms with Gasteiger partial charge in [-0.15, -0.1) is 0 Å². The molecule has 3 aromatic heterocycles. The van der Waals surface area contributed by atoms with Crippen molar-refractivity contribution in [3.05, 3.63) is 71.8 Å². The van der Waals surface area contributed by atoms with Crippen LogP contribution in [0.5, 0.6) is 0 Å². The van der Waals surface area contributed by atoms with E-state index in [2.05, 4.69) is 10.2 Å². The SMILES string of the molecule is Cc1cccn2ncc(C(=O)N3CCn4nc(-c5ccccc5)nc4[C@@H]3C)c12. The van der Waals surface area contributed by atoms with Crippen molar-refractivity contribution in [2.24, 2.45) is 0 Å². The third-order valence-electron chi connectivity index (χ3n) is 5.36. The second-order valence-electron chi connectivity index (χ2n) is 7.10. The molecular weight excluding hydrogens is 352 g/mol. The number of carbonyl (C=O) groups excluding carboxylic acids is 1. The number of pyridine rings is 1. The van der Waals surface area contributed by atoms with Crippen LogP contribution in [0.1, 0.15) is 34.7 Å². The minimum Gasteiger partial charge on any atom is -0.327 e. The van der Waals surface area contributed by atoms with Crippen molar-refractivity contribution in [2.75, 3.05) is 6.54 Å². The molecule has 7 heteroatoms. The van der Waals surface area contributed by atoms with Crippen molar-refractivity contribution in [3.8, 4) is 11.4 Å². The first-order valence-corrected chi connectivity index (χ1v) is 9.37. The molecule has 0 bridgehead atoms. The van der Waals surface area contributed by atoms with Crippen LogP contribution in [0, 0.1) is 6.92 Å². The van der Waals surface area contributed by atoms with Crippen molar-refractivity contribution in [1.29, 1.82) is 0 Å². The molecule has 1 atom stereocenters. The van der Waals surface area contributed by atoms with Crippen molar-refractivity contribution < 1.29 is 4.79 Å². The van der Waals surface area contributed by atoms with E-state index in [1.165, 1.54) is 0 Å². The number of rotatable bonds is 2. The van der Waals surface area contributed by atoms with Crippen LogP contribution in [0.15, 0.2) is 54.9 Å². The maximum atomic E-state index is 13.3. The highest BCUT2D eigenvalue weighted by Crippen LogP contribution is 2.28. The van der Waals surface area contributed by atoms with Gasteiger partial charge in [0, 0.05) is 18.3 Å². The summed E-state index contributed by atoms with van der Waals surface area (Å²) in [6.45, 7) is 5.22. The van der Waals surface area contributed by atoms with Gasteiger partial charge in [-0.3, -0.25) is 4.79 Å². The molecule has 1 aliphatic rings. The maximum Gasteiger partial charge on any atom is 0.258 e. The number of hydrogen-bond donors (Lipinski definition) is 0. The van der Waals surface area contributed by atoms with Crippen LogP contribution in [0.4, 0.5) is 0 Å². The number of benzene rings is 1. The minimum absolute atomic E-state index is 0.0210. The second kappa shape index (κ2) is 6.30. The average Bonchev–Trinajstić information content (AvgIpc) is 3.34. The molecule has 4 heterocycles. The fraction of sp³-hybridized carbons (Fsp3) is 0.238. The highest BCUT2D eigenvalue weighted by atomic mass is 16.2. The summed E-state index contributed by atoms with van der Waals surface area (Å²) in [5, 5.41) is 8.99. The van der Waals surface area contributed by atoms with Gasteiger partial charge in [-0.05, 0) is 25.5 Å². The zero-order valence-corrected chi connectivity index (χ0v) is 15.8. The number of aryl methyl sites for hydroxylation is 1. The van der Waals surface area contributed by atoms with Gasteiger partial charge in [0.2, 0.25) is 0 Å². The number of nitrogens with zero attached hydrogens (tertiary/aromatic N) is 6. The summed E-state index contributed by atoms with van der Waals surface area (Å²) in [6.07, 6.45) is 3.52. The number of amides is 1. The van der Waals surface area contributed by atoms with Crippen LogP contribution in [0.2, 0.25) is 0 Å². The van der Waals surface area contributed by atoms with Crippen molar-refractivity contribution in [1.82, 2.24) is 29.3 Å². The largest absolute Gasteiger partial charge is 0.327 e. The zero-order valence-electron chi connectivity index (χ0n) is 15.8. The molecule has 1 aliphatic heterocycles. The summed E-state index contributed by atoms with van der Waals surface area (Å²) < 4.78 is 3.67. The minimum atomic E-state index is -0.162. The predicted octanol–water partition coefficient (Wildman–Crippen LogP) is 3.12. The third-order valence-corrected chi connectivity index (χ3v) is 5.36. The summed E-state index contributed by atoms with van der Waals surface area (Å²) in [5.41, 5.74) is 3.49. The Balaban J connectivity index is 1.50. The van der Waals surface area contributed by atoms with E-state index >= 15 is 0 Å². The summed E-state index contributed by atoms with van der Waals surface area (Å²) >= 11 is 0. The molecule has 4 aromatic rings. The molecule has 0 aliphatic carbocycles. The highest BCUT2D eigenvalue weighted by molar-refractivity contribution is 6.01. The van der Waals surface area contributed by atoms with Crippen LogP contribution >= 0.6 is 0 Å². The fourth-order valence-electron chi connectivity index (χ4n) is 3.88. The Bertz CT molecular complexity index is 1180. The first-order chi connectivity index (χ1) is 13.6. The Labute approximate surface area is 162 Å². The van der Waals surface area contributed by atoms with Gasteiger partial charge < -0.3 is 4.90 Å². The molecular formula is C21H20N6O. The van der Waals surface area contributed by atoms with Gasteiger partial charge in [0.25, 0.3) is 5.91 Å². The lowest BCUT2D eigenvalue weighted by Crippen LogP contribution is -2.41. The van der Waals surface area contributed by atoms with E-state index < -0.39 is 0 Å². The third kappa shape index (κ3) is 2.51. The van der Waals surface area contributed by atoms with Crippen LogP contribution in [0.25, 0.3) is 16.9 Å². The van der Waals surface area contributed by atoms with E-state index in [0.717, 1.165) is 22.5 Å². The molecule has 0 N–H and O–H groups in total. The van der Waals surface area contributed by atoms with Gasteiger partial charge in [-0.1, -0.05) is 36.4 Å². The lowest BCUT2D eigenvalue weighted by molar-refractivity contribution is 0.0632. The number of aromatic nitrogens is 5. The molecule has 140 valence electrons. The van der Waals surface area contributed by atoms with E-state index in [9.17, 15) is 4.79 Å². The Morgan fingerprint density at radius 3 is 2.75 bits per heavy atom. The van der Waals surface area contributed by atoms with E-state index in [0.29, 0.717) is 24.5 Å². The van der Waals surface area contributed by atoms with Crippen molar-refractivity contribution >= 4 is 11.4 Å². The van der Waals surface area contributed by atoms with E-state index in [-0.39, 0.29) is 11.9 Å². The normalized spacial score (nSPS) is 16.4. The predicted molar refractivity (Wildman–Crippen MR) is 105 cm³/mol. The topological polar surface area (TPSA) is 68.3 Å². The van der Waals surface area contributed by atoms with Gasteiger partial charge in [0.05, 0.1) is 29.9 Å². The standard InChI is InChI=1S/C21H20N6O/c1-14-7-6-10-26-18(14)17(13-22-26)21(28)25-11-12-27-20(15(25)2)23-19(24-27)16-8-4-3-5-9-16/h3-10,13,15H,11-12H2,1-2H3/t15-/m0/s1. The van der Waals surface area contributed by atoms with Gasteiger partial charge in [-0.25, -0.2) is 14.2 Å². The smallest absolute Gasteiger partial charge is 0.258 e. The Morgan fingerprint density at radius 2 is 1.93 bits per heavy atom. The lowest BCUT2D eigenvalue weighted by Gasteiger charge is -2.32. The number of fused-ring (bicyclic) bond motifs is 2. The number of carbonyl (C=O) groups is 1. The maximum absolute atomic E-state index is 13.3. The number of hydrogen-bond acceptors (Lipinski definition) is 4. The first kappa shape index (κ1) is 16.7. The summed E-state index contributed by atoms with van der Waals surface area (Å²) in [7, 11) is 0. The highest BCUT2D eigenvalue weighted by Gasteiger charge is 2.32. The molecule has 1 aromatic carbocycles. The summed E-state index contributed by atoms with van der Waals surface area (Å²) in [6, 6.07) is 13.7. The van der Waals surface area contributed by atoms with Crippen LogP contribution in [0.3, 0.4) is 0 Å². The van der Waals surface area contributed by atoms with Crippen LogP contribution in [-0.4, -0.2) is 41.7 Å². The van der Waals surface area contributed by atoms with Gasteiger partial charge in [0.15, 0.2) is 5.82 Å². The van der Waals surface area contributed by atoms with Gasteiger partial charge >= 0.3 is 0 Å². The van der Waals surface area contributed by atoms with E-state index in [4.69, 9.17) is 4.98 Å². The zero-order chi connectivity index (χ0) is 19.3. The molecule has 0 fully saturated rings. The molecule has 0 spiro atoms. The first-order valence-electron chi connectivity index (χ1n) is 9.37. The van der Waals surface area contributed by atoms with E-state index in [1.54, 1.807) is 10.7 Å². The summed E-state index contributed by atoms with van der Waals surface area (Å²) in [4.78, 5) is 19.9. The fourth-order valence-corrected chi connectivity index (χ4v) is 3.88. The monoisotopic (exact) mass is 372 g/mol.